The number of carbonyl (C=O) groups is 1. The van der Waals surface area contributed by atoms with E-state index in [0.29, 0.717) is 15.5 Å². The Balaban J connectivity index is 1.55. The summed E-state index contributed by atoms with van der Waals surface area (Å²) < 4.78 is 21.8. The summed E-state index contributed by atoms with van der Waals surface area (Å²) in [6.07, 6.45) is 1.27. The Morgan fingerprint density at radius 1 is 1.11 bits per heavy atom. The second-order valence-corrected chi connectivity index (χ2v) is 11.3. The van der Waals surface area contributed by atoms with E-state index in [-0.39, 0.29) is 22.6 Å². The number of nitrogens with one attached hydrogen (secondary N) is 1. The molecular formula is C28H27BrFN5O2S. The minimum absolute atomic E-state index is 0.0296. The molecule has 4 rings (SSSR count). The summed E-state index contributed by atoms with van der Waals surface area (Å²) >= 11 is 4.52. The van der Waals surface area contributed by atoms with E-state index in [2.05, 4.69) is 69.6 Å². The Labute approximate surface area is 233 Å². The number of amides is 1. The minimum atomic E-state index is -0.434. The first-order valence-corrected chi connectivity index (χ1v) is 13.5. The van der Waals surface area contributed by atoms with Gasteiger partial charge in [0.15, 0.2) is 11.0 Å². The van der Waals surface area contributed by atoms with Crippen LogP contribution in [0, 0.1) is 5.82 Å². The number of hydrogen-bond donors (Lipinski definition) is 1. The van der Waals surface area contributed by atoms with Crippen LogP contribution in [0.25, 0.3) is 17.1 Å². The molecule has 4 aromatic rings. The molecule has 7 nitrogen and oxygen atoms in total. The maximum atomic E-state index is 13.9. The Hall–Kier alpha value is -3.50. The third-order valence-electron chi connectivity index (χ3n) is 5.66. The molecule has 0 spiro atoms. The standard InChI is InChI=1S/C28H27BrFN5O2S/c1-28(2,3)20-7-5-18(6-8-20)26-33-34-27(35(26)22-10-12-23(37-4)13-11-22)38-17-25(36)32-31-16-19-15-21(29)9-14-24(19)30/h5-16H,17H2,1-4H3,(H,32,36)/b31-16+. The smallest absolute Gasteiger partial charge is 0.250 e. The molecule has 0 aliphatic rings. The van der Waals surface area contributed by atoms with Crippen molar-refractivity contribution in [3.05, 3.63) is 88.1 Å². The molecule has 0 bridgehead atoms. The molecule has 10 heteroatoms. The van der Waals surface area contributed by atoms with Crippen LogP contribution in [0.1, 0.15) is 31.9 Å². The molecule has 0 atom stereocenters. The summed E-state index contributed by atoms with van der Waals surface area (Å²) in [5.41, 5.74) is 5.67. The monoisotopic (exact) mass is 595 g/mol. The van der Waals surface area contributed by atoms with Crippen molar-refractivity contribution in [1.82, 2.24) is 20.2 Å². The Kier molecular flexibility index (Phi) is 8.63. The van der Waals surface area contributed by atoms with Crippen LogP contribution < -0.4 is 10.2 Å². The van der Waals surface area contributed by atoms with Crippen LogP contribution in [0.5, 0.6) is 5.75 Å². The average Bonchev–Trinajstić information content (AvgIpc) is 3.33. The Bertz CT molecular complexity index is 1450. The minimum Gasteiger partial charge on any atom is -0.497 e. The van der Waals surface area contributed by atoms with E-state index < -0.39 is 5.82 Å². The van der Waals surface area contributed by atoms with E-state index in [1.165, 1.54) is 29.6 Å². The highest BCUT2D eigenvalue weighted by atomic mass is 79.9. The third-order valence-corrected chi connectivity index (χ3v) is 7.08. The molecule has 1 amide bonds. The Morgan fingerprint density at radius 3 is 2.47 bits per heavy atom. The van der Waals surface area contributed by atoms with Crippen molar-refractivity contribution in [3.8, 4) is 22.8 Å². The predicted octanol–water partition coefficient (Wildman–Crippen LogP) is 6.38. The van der Waals surface area contributed by atoms with Crippen molar-refractivity contribution in [2.75, 3.05) is 12.9 Å². The SMILES string of the molecule is COc1ccc(-n2c(SCC(=O)N/N=C/c3cc(Br)ccc3F)nnc2-c2ccc(C(C)(C)C)cc2)cc1. The van der Waals surface area contributed by atoms with Crippen molar-refractivity contribution in [1.29, 1.82) is 0 Å². The van der Waals surface area contributed by atoms with Gasteiger partial charge in [0.1, 0.15) is 11.6 Å². The van der Waals surface area contributed by atoms with E-state index in [0.717, 1.165) is 17.0 Å². The predicted molar refractivity (Wildman–Crippen MR) is 153 cm³/mol. The van der Waals surface area contributed by atoms with Crippen LogP contribution in [-0.2, 0) is 10.2 Å². The summed E-state index contributed by atoms with van der Waals surface area (Å²) in [4.78, 5) is 12.5. The van der Waals surface area contributed by atoms with E-state index in [4.69, 9.17) is 4.74 Å². The van der Waals surface area contributed by atoms with Gasteiger partial charge in [-0.3, -0.25) is 9.36 Å². The van der Waals surface area contributed by atoms with E-state index in [1.54, 1.807) is 19.2 Å². The van der Waals surface area contributed by atoms with Gasteiger partial charge in [-0.15, -0.1) is 10.2 Å². The third kappa shape index (κ3) is 6.68. The molecular weight excluding hydrogens is 569 g/mol. The van der Waals surface area contributed by atoms with Gasteiger partial charge >= 0.3 is 0 Å². The maximum absolute atomic E-state index is 13.9. The molecule has 0 aliphatic heterocycles. The van der Waals surface area contributed by atoms with Crippen molar-refractivity contribution in [2.24, 2.45) is 5.10 Å². The lowest BCUT2D eigenvalue weighted by Gasteiger charge is -2.19. The number of halogens is 2. The summed E-state index contributed by atoms with van der Waals surface area (Å²) in [5.74, 6) is 0.626. The normalized spacial score (nSPS) is 11.6. The zero-order valence-electron chi connectivity index (χ0n) is 21.4. The van der Waals surface area contributed by atoms with Gasteiger partial charge in [-0.25, -0.2) is 9.82 Å². The van der Waals surface area contributed by atoms with E-state index in [1.807, 2.05) is 41.0 Å². The van der Waals surface area contributed by atoms with Crippen molar-refractivity contribution < 1.29 is 13.9 Å². The summed E-state index contributed by atoms with van der Waals surface area (Å²) in [7, 11) is 1.61. The van der Waals surface area contributed by atoms with Crippen LogP contribution in [0.15, 0.2) is 81.5 Å². The highest BCUT2D eigenvalue weighted by Crippen LogP contribution is 2.30. The molecule has 0 saturated heterocycles. The fraction of sp³-hybridized carbons (Fsp3) is 0.214. The van der Waals surface area contributed by atoms with Gasteiger partial charge in [-0.1, -0.05) is 72.7 Å². The molecule has 3 aromatic carbocycles. The van der Waals surface area contributed by atoms with Gasteiger partial charge in [0, 0.05) is 21.3 Å². The van der Waals surface area contributed by atoms with Crippen LogP contribution >= 0.6 is 27.7 Å². The number of hydrazone groups is 1. The average molecular weight is 597 g/mol. The molecule has 38 heavy (non-hydrogen) atoms. The van der Waals surface area contributed by atoms with Crippen molar-refractivity contribution >= 4 is 39.8 Å². The summed E-state index contributed by atoms with van der Waals surface area (Å²) in [6, 6.07) is 20.3. The molecule has 0 saturated carbocycles. The molecule has 0 radical (unpaired) electrons. The second-order valence-electron chi connectivity index (χ2n) is 9.41. The lowest BCUT2D eigenvalue weighted by Crippen LogP contribution is -2.20. The molecule has 0 aliphatic carbocycles. The first-order valence-electron chi connectivity index (χ1n) is 11.8. The molecule has 196 valence electrons. The van der Waals surface area contributed by atoms with Gasteiger partial charge in [0.05, 0.1) is 19.1 Å². The number of nitrogens with zero attached hydrogens (tertiary/aromatic N) is 4. The quantitative estimate of drug-likeness (QED) is 0.145. The number of hydrogen-bond acceptors (Lipinski definition) is 6. The number of aromatic nitrogens is 3. The largest absolute Gasteiger partial charge is 0.497 e. The number of rotatable bonds is 8. The number of thioether (sulfide) groups is 1. The van der Waals surface area contributed by atoms with Crippen molar-refractivity contribution in [3.63, 3.8) is 0 Å². The zero-order valence-corrected chi connectivity index (χ0v) is 23.8. The first-order chi connectivity index (χ1) is 18.2. The lowest BCUT2D eigenvalue weighted by atomic mass is 9.87. The maximum Gasteiger partial charge on any atom is 0.250 e. The zero-order chi connectivity index (χ0) is 27.3. The van der Waals surface area contributed by atoms with Crippen molar-refractivity contribution in [2.45, 2.75) is 31.3 Å². The second kappa shape index (κ2) is 11.9. The van der Waals surface area contributed by atoms with Gasteiger partial charge in [-0.05, 0) is 53.4 Å². The van der Waals surface area contributed by atoms with Crippen LogP contribution in [0.2, 0.25) is 0 Å². The summed E-state index contributed by atoms with van der Waals surface area (Å²) in [6.45, 7) is 6.50. The highest BCUT2D eigenvalue weighted by Gasteiger charge is 2.19. The van der Waals surface area contributed by atoms with Crippen LogP contribution in [0.4, 0.5) is 4.39 Å². The number of methoxy groups -OCH3 is 1. The van der Waals surface area contributed by atoms with Gasteiger partial charge < -0.3 is 4.74 Å². The lowest BCUT2D eigenvalue weighted by molar-refractivity contribution is -0.118. The number of ether oxygens (including phenoxy) is 1. The number of carbonyl (C=O) groups excluding carboxylic acids is 1. The van der Waals surface area contributed by atoms with Gasteiger partial charge in [0.25, 0.3) is 5.91 Å². The highest BCUT2D eigenvalue weighted by molar-refractivity contribution is 9.10. The molecule has 1 N–H and O–H groups in total. The van der Waals surface area contributed by atoms with E-state index >= 15 is 0 Å². The topological polar surface area (TPSA) is 81.4 Å². The fourth-order valence-corrected chi connectivity index (χ4v) is 4.71. The molecule has 0 fully saturated rings. The molecule has 0 unspecified atom stereocenters. The van der Waals surface area contributed by atoms with Crippen LogP contribution in [-0.4, -0.2) is 39.7 Å². The molecule has 1 heterocycles. The molecule has 1 aromatic heterocycles. The number of benzene rings is 3. The fourth-order valence-electron chi connectivity index (χ4n) is 3.58. The first kappa shape index (κ1) is 27.5. The van der Waals surface area contributed by atoms with Gasteiger partial charge in [0.2, 0.25) is 0 Å². The van der Waals surface area contributed by atoms with Gasteiger partial charge in [-0.2, -0.15) is 5.10 Å². The Morgan fingerprint density at radius 2 is 1.82 bits per heavy atom. The van der Waals surface area contributed by atoms with Crippen LogP contribution in [0.3, 0.4) is 0 Å². The summed E-state index contributed by atoms with van der Waals surface area (Å²) in [5, 5.41) is 13.2. The van der Waals surface area contributed by atoms with E-state index in [9.17, 15) is 9.18 Å².